The Morgan fingerprint density at radius 3 is 2.59 bits per heavy atom. The number of amides is 1. The molecule has 1 aromatic carbocycles. The van der Waals surface area contributed by atoms with Crippen LogP contribution >= 0.6 is 0 Å². The van der Waals surface area contributed by atoms with Gasteiger partial charge in [0, 0.05) is 32.5 Å². The molecule has 1 N–H and O–H groups in total. The van der Waals surface area contributed by atoms with Crippen LogP contribution in [0.3, 0.4) is 0 Å². The van der Waals surface area contributed by atoms with E-state index in [-0.39, 0.29) is 18.5 Å². The van der Waals surface area contributed by atoms with Crippen molar-refractivity contribution in [2.24, 2.45) is 11.8 Å². The van der Waals surface area contributed by atoms with E-state index in [1.165, 1.54) is 11.1 Å². The highest BCUT2D eigenvalue weighted by Crippen LogP contribution is 2.45. The minimum absolute atomic E-state index is 0.0718. The van der Waals surface area contributed by atoms with E-state index in [1.807, 2.05) is 21.9 Å². The Balaban J connectivity index is 1.89. The number of benzene rings is 1. The molecule has 5 heteroatoms. The number of carboxylic acids is 1. The van der Waals surface area contributed by atoms with E-state index >= 15 is 0 Å². The lowest BCUT2D eigenvalue weighted by Gasteiger charge is -2.30. The highest BCUT2D eigenvalue weighted by Gasteiger charge is 2.48. The van der Waals surface area contributed by atoms with Crippen LogP contribution in [0.5, 0.6) is 0 Å². The predicted molar refractivity (Wildman–Crippen MR) is 82.4 cm³/mol. The molecule has 3 rings (SSSR count). The average molecular weight is 302 g/mol. The molecule has 1 aromatic rings. The van der Waals surface area contributed by atoms with Gasteiger partial charge in [-0.05, 0) is 24.0 Å². The maximum atomic E-state index is 12.0. The molecular weight excluding hydrogens is 280 g/mol. The molecule has 2 saturated heterocycles. The van der Waals surface area contributed by atoms with Crippen molar-refractivity contribution in [1.82, 2.24) is 9.80 Å². The summed E-state index contributed by atoms with van der Waals surface area (Å²) in [6.45, 7) is 6.04. The zero-order valence-corrected chi connectivity index (χ0v) is 13.0. The number of carbonyl (C=O) groups is 2. The number of aryl methyl sites for hydroxylation is 1. The third-order valence-electron chi connectivity index (χ3n) is 5.01. The van der Waals surface area contributed by atoms with Gasteiger partial charge in [0.1, 0.15) is 0 Å². The number of hydrogen-bond donors (Lipinski definition) is 1. The van der Waals surface area contributed by atoms with Crippen molar-refractivity contribution in [3.63, 3.8) is 0 Å². The highest BCUT2D eigenvalue weighted by atomic mass is 16.4. The first-order valence-electron chi connectivity index (χ1n) is 7.74. The Kier molecular flexibility index (Phi) is 3.91. The number of likely N-dealkylation sites (tertiary alicyclic amines) is 2. The standard InChI is InChI=1S/C17H22N2O3/c1-11-5-3-4-6-14(11)17-15-9-18(10-16(21)22)7-13(15)8-19(17)12(2)20/h3-6,13,15,17H,7-10H2,1-2H3,(H,21,22)/t13-,15-,17+/m1/s1. The molecule has 0 saturated carbocycles. The Morgan fingerprint density at radius 1 is 1.23 bits per heavy atom. The van der Waals surface area contributed by atoms with Gasteiger partial charge in [-0.3, -0.25) is 14.5 Å². The fourth-order valence-electron chi connectivity index (χ4n) is 4.10. The average Bonchev–Trinajstić information content (AvgIpc) is 2.95. The third kappa shape index (κ3) is 2.61. The number of aliphatic carboxylic acids is 1. The predicted octanol–water partition coefficient (Wildman–Crippen LogP) is 1.53. The molecule has 2 aliphatic rings. The number of rotatable bonds is 3. The molecule has 2 aliphatic heterocycles. The molecule has 0 spiro atoms. The van der Waals surface area contributed by atoms with Gasteiger partial charge in [-0.25, -0.2) is 0 Å². The Hall–Kier alpha value is -1.88. The van der Waals surface area contributed by atoms with Gasteiger partial charge in [0.2, 0.25) is 5.91 Å². The van der Waals surface area contributed by atoms with Crippen LogP contribution in [0.25, 0.3) is 0 Å². The molecule has 0 aromatic heterocycles. The lowest BCUT2D eigenvalue weighted by molar-refractivity contribution is -0.138. The molecule has 2 heterocycles. The fourth-order valence-corrected chi connectivity index (χ4v) is 4.10. The second-order valence-corrected chi connectivity index (χ2v) is 6.48. The summed E-state index contributed by atoms with van der Waals surface area (Å²) in [5.41, 5.74) is 2.39. The van der Waals surface area contributed by atoms with Crippen LogP contribution < -0.4 is 0 Å². The largest absolute Gasteiger partial charge is 0.480 e. The van der Waals surface area contributed by atoms with Crippen molar-refractivity contribution in [1.29, 1.82) is 0 Å². The first-order valence-corrected chi connectivity index (χ1v) is 7.74. The number of hydrogen-bond acceptors (Lipinski definition) is 3. The van der Waals surface area contributed by atoms with Crippen LogP contribution in [0.1, 0.15) is 24.1 Å². The molecule has 118 valence electrons. The maximum absolute atomic E-state index is 12.0. The molecule has 0 radical (unpaired) electrons. The van der Waals surface area contributed by atoms with E-state index in [0.717, 1.165) is 19.6 Å². The van der Waals surface area contributed by atoms with Gasteiger partial charge in [0.15, 0.2) is 0 Å². The minimum atomic E-state index is -0.782. The number of nitrogens with zero attached hydrogens (tertiary/aromatic N) is 2. The second kappa shape index (κ2) is 5.72. The lowest BCUT2D eigenvalue weighted by atomic mass is 9.87. The molecule has 0 bridgehead atoms. The number of carboxylic acid groups (broad SMARTS) is 1. The van der Waals surface area contributed by atoms with E-state index in [1.54, 1.807) is 6.92 Å². The normalized spacial score (nSPS) is 27.9. The summed E-state index contributed by atoms with van der Waals surface area (Å²) in [5.74, 6) is 0.0143. The van der Waals surface area contributed by atoms with E-state index in [2.05, 4.69) is 19.1 Å². The quantitative estimate of drug-likeness (QED) is 0.920. The van der Waals surface area contributed by atoms with Crippen LogP contribution in [0.15, 0.2) is 24.3 Å². The van der Waals surface area contributed by atoms with Crippen LogP contribution in [0.4, 0.5) is 0 Å². The summed E-state index contributed by atoms with van der Waals surface area (Å²) in [5, 5.41) is 9.00. The zero-order chi connectivity index (χ0) is 15.9. The molecule has 0 aliphatic carbocycles. The molecule has 3 atom stereocenters. The molecule has 22 heavy (non-hydrogen) atoms. The Morgan fingerprint density at radius 2 is 1.95 bits per heavy atom. The maximum Gasteiger partial charge on any atom is 0.317 e. The van der Waals surface area contributed by atoms with E-state index in [0.29, 0.717) is 11.8 Å². The van der Waals surface area contributed by atoms with Gasteiger partial charge in [0.25, 0.3) is 0 Å². The third-order valence-corrected chi connectivity index (χ3v) is 5.01. The van der Waals surface area contributed by atoms with Gasteiger partial charge in [-0.2, -0.15) is 0 Å². The Bertz CT molecular complexity index is 601. The zero-order valence-electron chi connectivity index (χ0n) is 13.0. The number of carbonyl (C=O) groups excluding carboxylic acids is 1. The summed E-state index contributed by atoms with van der Waals surface area (Å²) in [4.78, 5) is 27.0. The smallest absolute Gasteiger partial charge is 0.317 e. The topological polar surface area (TPSA) is 60.9 Å². The summed E-state index contributed by atoms with van der Waals surface area (Å²) < 4.78 is 0. The second-order valence-electron chi connectivity index (χ2n) is 6.48. The van der Waals surface area contributed by atoms with Crippen molar-refractivity contribution in [3.05, 3.63) is 35.4 Å². The summed E-state index contributed by atoms with van der Waals surface area (Å²) in [7, 11) is 0. The van der Waals surface area contributed by atoms with Crippen LogP contribution in [0.2, 0.25) is 0 Å². The molecule has 0 unspecified atom stereocenters. The fraction of sp³-hybridized carbons (Fsp3) is 0.529. The van der Waals surface area contributed by atoms with Gasteiger partial charge < -0.3 is 10.0 Å². The number of fused-ring (bicyclic) bond motifs is 1. The Labute approximate surface area is 130 Å². The van der Waals surface area contributed by atoms with E-state index in [4.69, 9.17) is 5.11 Å². The summed E-state index contributed by atoms with van der Waals surface area (Å²) >= 11 is 0. The minimum Gasteiger partial charge on any atom is -0.480 e. The van der Waals surface area contributed by atoms with Crippen molar-refractivity contribution < 1.29 is 14.7 Å². The lowest BCUT2D eigenvalue weighted by Crippen LogP contribution is -2.36. The molecule has 1 amide bonds. The SMILES string of the molecule is CC(=O)N1C[C@H]2CN(CC(=O)O)C[C@H]2[C@@H]1c1ccccc1C. The van der Waals surface area contributed by atoms with Crippen LogP contribution in [-0.2, 0) is 9.59 Å². The van der Waals surface area contributed by atoms with Gasteiger partial charge in [-0.1, -0.05) is 24.3 Å². The highest BCUT2D eigenvalue weighted by molar-refractivity contribution is 5.74. The van der Waals surface area contributed by atoms with Crippen molar-refractivity contribution in [2.45, 2.75) is 19.9 Å². The molecule has 2 fully saturated rings. The van der Waals surface area contributed by atoms with Crippen LogP contribution in [0, 0.1) is 18.8 Å². The van der Waals surface area contributed by atoms with E-state index < -0.39 is 5.97 Å². The van der Waals surface area contributed by atoms with Gasteiger partial charge >= 0.3 is 5.97 Å². The van der Waals surface area contributed by atoms with Crippen molar-refractivity contribution in [3.8, 4) is 0 Å². The first-order chi connectivity index (χ1) is 10.5. The molecular formula is C17H22N2O3. The first kappa shape index (κ1) is 15.0. The van der Waals surface area contributed by atoms with Crippen molar-refractivity contribution >= 4 is 11.9 Å². The van der Waals surface area contributed by atoms with E-state index in [9.17, 15) is 9.59 Å². The summed E-state index contributed by atoms with van der Waals surface area (Å²) in [6, 6.07) is 8.26. The van der Waals surface area contributed by atoms with Crippen molar-refractivity contribution in [2.75, 3.05) is 26.2 Å². The van der Waals surface area contributed by atoms with Gasteiger partial charge in [0.05, 0.1) is 12.6 Å². The monoisotopic (exact) mass is 302 g/mol. The summed E-state index contributed by atoms with van der Waals surface area (Å²) in [6.07, 6.45) is 0. The van der Waals surface area contributed by atoms with Gasteiger partial charge in [-0.15, -0.1) is 0 Å². The molecule has 5 nitrogen and oxygen atoms in total. The van der Waals surface area contributed by atoms with Crippen LogP contribution in [-0.4, -0.2) is 53.0 Å².